The van der Waals surface area contributed by atoms with Crippen LogP contribution < -0.4 is 4.74 Å². The van der Waals surface area contributed by atoms with E-state index in [-0.39, 0.29) is 5.75 Å². The van der Waals surface area contributed by atoms with E-state index in [0.29, 0.717) is 16.7 Å². The van der Waals surface area contributed by atoms with Gasteiger partial charge in [-0.15, -0.1) is 0 Å². The van der Waals surface area contributed by atoms with Gasteiger partial charge in [0.05, 0.1) is 7.11 Å². The molecule has 2 saturated carbocycles. The van der Waals surface area contributed by atoms with Crippen LogP contribution in [-0.4, -0.2) is 7.11 Å². The third kappa shape index (κ3) is 3.02. The highest BCUT2D eigenvalue weighted by molar-refractivity contribution is 5.85. The van der Waals surface area contributed by atoms with Crippen molar-refractivity contribution in [3.05, 3.63) is 41.5 Å². The highest BCUT2D eigenvalue weighted by atomic mass is 19.2. The minimum Gasteiger partial charge on any atom is -0.494 e. The Bertz CT molecular complexity index is 785. The van der Waals surface area contributed by atoms with Crippen LogP contribution in [0.5, 0.6) is 5.75 Å². The fourth-order valence-corrected chi connectivity index (χ4v) is 5.15. The minimum absolute atomic E-state index is 0.0328. The monoisotopic (exact) mass is 344 g/mol. The van der Waals surface area contributed by atoms with Gasteiger partial charge in [-0.25, -0.2) is 4.39 Å². The molecule has 2 aliphatic rings. The van der Waals surface area contributed by atoms with Crippen molar-refractivity contribution in [3.63, 3.8) is 0 Å². The molecule has 0 aromatic heterocycles. The number of halogens is 2. The molecule has 25 heavy (non-hydrogen) atoms. The third-order valence-electron chi connectivity index (χ3n) is 6.58. The Morgan fingerprint density at radius 1 is 0.920 bits per heavy atom. The molecule has 0 heterocycles. The van der Waals surface area contributed by atoms with E-state index < -0.39 is 11.6 Å². The van der Waals surface area contributed by atoms with Crippen LogP contribution in [0.15, 0.2) is 24.3 Å². The molecule has 0 aliphatic heterocycles. The van der Waals surface area contributed by atoms with Crippen LogP contribution in [0.2, 0.25) is 0 Å². The quantitative estimate of drug-likeness (QED) is 0.608. The summed E-state index contributed by atoms with van der Waals surface area (Å²) in [5.74, 6) is 1.30. The van der Waals surface area contributed by atoms with Crippen LogP contribution in [0.4, 0.5) is 8.78 Å². The molecular weight excluding hydrogens is 318 g/mol. The summed E-state index contributed by atoms with van der Waals surface area (Å²) in [5.41, 5.74) is 1.16. The van der Waals surface area contributed by atoms with Crippen LogP contribution >= 0.6 is 0 Å². The number of hydrogen-bond acceptors (Lipinski definition) is 1. The van der Waals surface area contributed by atoms with E-state index in [4.69, 9.17) is 4.74 Å². The minimum atomic E-state index is -0.892. The lowest BCUT2D eigenvalue weighted by molar-refractivity contribution is 0.124. The normalized spacial score (nSPS) is 29.4. The fourth-order valence-electron chi connectivity index (χ4n) is 5.15. The maximum absolute atomic E-state index is 14.4. The third-order valence-corrected chi connectivity index (χ3v) is 6.58. The molecular formula is C22H26F2O. The summed E-state index contributed by atoms with van der Waals surface area (Å²) in [6.07, 6.45) is 7.68. The van der Waals surface area contributed by atoms with E-state index in [1.54, 1.807) is 6.07 Å². The molecule has 0 radical (unpaired) electrons. The molecule has 0 amide bonds. The molecule has 4 rings (SSSR count). The van der Waals surface area contributed by atoms with Gasteiger partial charge in [-0.1, -0.05) is 25.5 Å². The van der Waals surface area contributed by atoms with Crippen LogP contribution in [0.1, 0.15) is 56.9 Å². The molecule has 2 aliphatic carbocycles. The van der Waals surface area contributed by atoms with Gasteiger partial charge in [0.15, 0.2) is 11.6 Å². The summed E-state index contributed by atoms with van der Waals surface area (Å²) in [6.45, 7) is 2.37. The summed E-state index contributed by atoms with van der Waals surface area (Å²) < 4.78 is 33.4. The average molecular weight is 344 g/mol. The lowest BCUT2D eigenvalue weighted by Gasteiger charge is -2.41. The van der Waals surface area contributed by atoms with Crippen molar-refractivity contribution < 1.29 is 13.5 Å². The van der Waals surface area contributed by atoms with E-state index in [1.165, 1.54) is 45.6 Å². The van der Waals surface area contributed by atoms with Gasteiger partial charge in [-0.05, 0) is 78.9 Å². The van der Waals surface area contributed by atoms with Gasteiger partial charge >= 0.3 is 0 Å². The summed E-state index contributed by atoms with van der Waals surface area (Å²) in [5, 5.41) is 1.06. The lowest BCUT2D eigenvalue weighted by Crippen LogP contribution is -2.29. The van der Waals surface area contributed by atoms with Crippen molar-refractivity contribution in [1.82, 2.24) is 0 Å². The molecule has 2 aromatic carbocycles. The van der Waals surface area contributed by atoms with Crippen LogP contribution in [0.25, 0.3) is 10.8 Å². The number of benzene rings is 2. The zero-order chi connectivity index (χ0) is 17.6. The van der Waals surface area contributed by atoms with Crippen molar-refractivity contribution in [1.29, 1.82) is 0 Å². The Balaban J connectivity index is 1.63. The highest BCUT2D eigenvalue weighted by Crippen LogP contribution is 2.47. The number of rotatable bonds is 2. The van der Waals surface area contributed by atoms with E-state index in [2.05, 4.69) is 13.0 Å². The summed E-state index contributed by atoms with van der Waals surface area (Å²) in [7, 11) is 1.36. The Morgan fingerprint density at radius 2 is 1.68 bits per heavy atom. The van der Waals surface area contributed by atoms with Gasteiger partial charge in [0.1, 0.15) is 0 Å². The van der Waals surface area contributed by atoms with Crippen molar-refractivity contribution in [2.45, 2.75) is 51.4 Å². The Kier molecular flexibility index (Phi) is 4.43. The van der Waals surface area contributed by atoms with Crippen molar-refractivity contribution in [3.8, 4) is 5.75 Å². The largest absolute Gasteiger partial charge is 0.494 e. The van der Waals surface area contributed by atoms with Gasteiger partial charge in [-0.3, -0.25) is 0 Å². The zero-order valence-corrected chi connectivity index (χ0v) is 15.0. The van der Waals surface area contributed by atoms with Gasteiger partial charge in [0.2, 0.25) is 5.82 Å². The molecule has 4 atom stereocenters. The molecule has 2 fully saturated rings. The first-order valence-corrected chi connectivity index (χ1v) is 9.52. The van der Waals surface area contributed by atoms with E-state index in [9.17, 15) is 8.78 Å². The maximum Gasteiger partial charge on any atom is 0.201 e. The second kappa shape index (κ2) is 6.59. The smallest absolute Gasteiger partial charge is 0.201 e. The second-order valence-corrected chi connectivity index (χ2v) is 8.14. The van der Waals surface area contributed by atoms with Crippen LogP contribution in [-0.2, 0) is 0 Å². The Morgan fingerprint density at radius 3 is 2.48 bits per heavy atom. The first-order chi connectivity index (χ1) is 12.1. The predicted octanol–water partition coefficient (Wildman–Crippen LogP) is 6.45. The van der Waals surface area contributed by atoms with Crippen molar-refractivity contribution in [2.24, 2.45) is 17.8 Å². The van der Waals surface area contributed by atoms with E-state index in [0.717, 1.165) is 23.3 Å². The van der Waals surface area contributed by atoms with E-state index >= 15 is 0 Å². The average Bonchev–Trinajstić information content (AvgIpc) is 2.64. The fraction of sp³-hybridized carbons (Fsp3) is 0.545. The topological polar surface area (TPSA) is 9.23 Å². The molecule has 0 spiro atoms. The van der Waals surface area contributed by atoms with Gasteiger partial charge in [0.25, 0.3) is 0 Å². The standard InChI is InChI=1S/C22H26F2O/c1-13-3-4-15-10-16(6-5-14(15)9-13)17-7-8-18-12-20(25-2)22(24)21(23)19(18)11-17/h7-8,11-16H,3-6,9-10H2,1-2H3. The highest BCUT2D eigenvalue weighted by Gasteiger charge is 2.34. The first kappa shape index (κ1) is 16.8. The van der Waals surface area contributed by atoms with Crippen LogP contribution in [0, 0.1) is 29.4 Å². The lowest BCUT2D eigenvalue weighted by atomic mass is 9.64. The number of fused-ring (bicyclic) bond motifs is 2. The first-order valence-electron chi connectivity index (χ1n) is 9.52. The molecule has 2 aromatic rings. The van der Waals surface area contributed by atoms with E-state index in [1.807, 2.05) is 12.1 Å². The number of hydrogen-bond donors (Lipinski definition) is 0. The molecule has 3 heteroatoms. The van der Waals surface area contributed by atoms with Crippen molar-refractivity contribution in [2.75, 3.05) is 7.11 Å². The zero-order valence-electron chi connectivity index (χ0n) is 15.0. The summed E-state index contributed by atoms with van der Waals surface area (Å²) in [6, 6.07) is 7.45. The summed E-state index contributed by atoms with van der Waals surface area (Å²) >= 11 is 0. The number of ether oxygens (including phenoxy) is 1. The Labute approximate surface area is 148 Å². The van der Waals surface area contributed by atoms with Gasteiger partial charge in [-0.2, -0.15) is 4.39 Å². The molecule has 4 unspecified atom stereocenters. The second-order valence-electron chi connectivity index (χ2n) is 8.14. The van der Waals surface area contributed by atoms with Gasteiger partial charge in [0, 0.05) is 5.39 Å². The van der Waals surface area contributed by atoms with Gasteiger partial charge < -0.3 is 4.74 Å². The summed E-state index contributed by atoms with van der Waals surface area (Å²) in [4.78, 5) is 0. The molecule has 0 saturated heterocycles. The predicted molar refractivity (Wildman–Crippen MR) is 97.0 cm³/mol. The SMILES string of the molecule is COc1cc2ccc(C3CCC4CC(C)CCC4C3)cc2c(F)c1F. The molecule has 0 bridgehead atoms. The molecule has 134 valence electrons. The maximum atomic E-state index is 14.4. The molecule has 1 nitrogen and oxygen atoms in total. The molecule has 0 N–H and O–H groups in total. The van der Waals surface area contributed by atoms with Crippen LogP contribution in [0.3, 0.4) is 0 Å². The number of methoxy groups -OCH3 is 1. The Hall–Kier alpha value is -1.64. The van der Waals surface area contributed by atoms with Crippen molar-refractivity contribution >= 4 is 10.8 Å².